The van der Waals surface area contributed by atoms with Crippen molar-refractivity contribution in [2.75, 3.05) is 6.61 Å². The molecule has 4 nitrogen and oxygen atoms in total. The Labute approximate surface area is 128 Å². The maximum atomic E-state index is 10.8. The second-order valence-electron chi connectivity index (χ2n) is 4.29. The molecule has 19 heavy (non-hydrogen) atoms. The lowest BCUT2D eigenvalue weighted by Gasteiger charge is -2.13. The molecule has 0 radical (unpaired) electrons. The van der Waals surface area contributed by atoms with Crippen LogP contribution in [-0.2, 0) is 11.3 Å². The van der Waals surface area contributed by atoms with Gasteiger partial charge in [-0.1, -0.05) is 23.2 Å². The topological polar surface area (TPSA) is 64.4 Å². The third kappa shape index (κ3) is 5.07. The monoisotopic (exact) mass is 323 g/mol. The predicted molar refractivity (Wildman–Crippen MR) is 71.0 cm³/mol. The first-order valence-electron chi connectivity index (χ1n) is 5.68. The van der Waals surface area contributed by atoms with Crippen LogP contribution in [0.4, 0.5) is 0 Å². The maximum absolute atomic E-state index is 10.8. The van der Waals surface area contributed by atoms with Crippen molar-refractivity contribution in [2.45, 2.75) is 25.4 Å². The number of rotatable bonds is 6. The van der Waals surface area contributed by atoms with Crippen molar-refractivity contribution < 1.29 is 21.9 Å². The fraction of sp³-hybridized carbons (Fsp3) is 0.417. The van der Waals surface area contributed by atoms with Crippen LogP contribution < -0.4 is 28.2 Å². The predicted octanol–water partition coefficient (Wildman–Crippen LogP) is -0.886. The first-order chi connectivity index (χ1) is 8.56. The van der Waals surface area contributed by atoms with Crippen LogP contribution in [0, 0.1) is 0 Å². The molecule has 0 atom stereocenters. The number of ether oxygens (including phenoxy) is 1. The molecule has 0 aliphatic heterocycles. The normalized spacial score (nSPS) is 13.8. The number of halogens is 3. The van der Waals surface area contributed by atoms with Gasteiger partial charge in [-0.2, -0.15) is 0 Å². The lowest BCUT2D eigenvalue weighted by molar-refractivity contribution is -0.119. The van der Waals surface area contributed by atoms with E-state index in [0.29, 0.717) is 28.4 Å². The fourth-order valence-corrected chi connectivity index (χ4v) is 2.18. The maximum Gasteiger partial charge on any atom is 0.255 e. The highest BCUT2D eigenvalue weighted by Gasteiger charge is 2.21. The molecule has 1 amide bonds. The van der Waals surface area contributed by atoms with Gasteiger partial charge in [0.05, 0.1) is 5.02 Å². The summed E-state index contributed by atoms with van der Waals surface area (Å²) in [6.07, 6.45) is 2.37. The van der Waals surface area contributed by atoms with Gasteiger partial charge in [0.1, 0.15) is 5.75 Å². The molecule has 0 spiro atoms. The molecule has 0 bridgehead atoms. The van der Waals surface area contributed by atoms with E-state index in [1.54, 1.807) is 12.1 Å². The van der Waals surface area contributed by atoms with E-state index < -0.39 is 5.91 Å². The van der Waals surface area contributed by atoms with E-state index in [2.05, 4.69) is 5.32 Å². The fourth-order valence-electron chi connectivity index (χ4n) is 1.59. The van der Waals surface area contributed by atoms with E-state index in [1.807, 2.05) is 0 Å². The van der Waals surface area contributed by atoms with Gasteiger partial charge in [-0.3, -0.25) is 4.79 Å². The Balaban J connectivity index is 0.00000180. The molecule has 0 saturated heterocycles. The van der Waals surface area contributed by atoms with E-state index in [4.69, 9.17) is 33.7 Å². The molecule has 2 rings (SSSR count). The van der Waals surface area contributed by atoms with Crippen LogP contribution in [0.25, 0.3) is 0 Å². The average molecular weight is 325 g/mol. The Kier molecular flexibility index (Phi) is 6.20. The van der Waals surface area contributed by atoms with Gasteiger partial charge in [0.25, 0.3) is 5.91 Å². The summed E-state index contributed by atoms with van der Waals surface area (Å²) in [6, 6.07) is 3.92. The second kappa shape index (κ2) is 7.20. The van der Waals surface area contributed by atoms with Crippen molar-refractivity contribution in [2.24, 2.45) is 5.73 Å². The smallest absolute Gasteiger partial charge is 0.255 e. The molecule has 1 aliphatic carbocycles. The molecule has 7 heteroatoms. The van der Waals surface area contributed by atoms with Gasteiger partial charge in [-0.25, -0.2) is 0 Å². The van der Waals surface area contributed by atoms with E-state index in [0.717, 1.165) is 5.56 Å². The van der Waals surface area contributed by atoms with Crippen molar-refractivity contribution in [1.29, 1.82) is 0 Å². The van der Waals surface area contributed by atoms with Crippen molar-refractivity contribution in [3.8, 4) is 5.75 Å². The molecule has 1 fully saturated rings. The summed E-state index contributed by atoms with van der Waals surface area (Å²) < 4.78 is 5.33. The Hall–Kier alpha value is -0.680. The minimum absolute atomic E-state index is 0. The van der Waals surface area contributed by atoms with E-state index >= 15 is 0 Å². The Morgan fingerprint density at radius 3 is 2.68 bits per heavy atom. The Bertz CT molecular complexity index is 465. The van der Waals surface area contributed by atoms with Crippen LogP contribution in [0.15, 0.2) is 12.1 Å². The zero-order valence-corrected chi connectivity index (χ0v) is 12.4. The van der Waals surface area contributed by atoms with Crippen LogP contribution in [0.2, 0.25) is 10.0 Å². The quantitative estimate of drug-likeness (QED) is 0.714. The number of hydrogen-bond acceptors (Lipinski definition) is 3. The summed E-state index contributed by atoms with van der Waals surface area (Å²) in [5, 5.41) is 4.27. The Morgan fingerprint density at radius 1 is 1.42 bits per heavy atom. The average Bonchev–Trinajstić information content (AvgIpc) is 3.08. The third-order valence-electron chi connectivity index (χ3n) is 2.60. The number of nitrogens with one attached hydrogen (secondary N) is 1. The van der Waals surface area contributed by atoms with Gasteiger partial charge >= 0.3 is 0 Å². The van der Waals surface area contributed by atoms with E-state index in [9.17, 15) is 4.79 Å². The highest BCUT2D eigenvalue weighted by molar-refractivity contribution is 6.35. The second-order valence-corrected chi connectivity index (χ2v) is 5.13. The van der Waals surface area contributed by atoms with Gasteiger partial charge < -0.3 is 28.2 Å². The Morgan fingerprint density at radius 2 is 2.11 bits per heavy atom. The molecule has 1 saturated carbocycles. The van der Waals surface area contributed by atoms with Gasteiger partial charge in [0, 0.05) is 23.2 Å². The van der Waals surface area contributed by atoms with Crippen LogP contribution in [-0.4, -0.2) is 18.6 Å². The number of primary amides is 1. The number of carbonyl (C=O) groups excluding carboxylic acids is 1. The molecule has 1 aliphatic rings. The third-order valence-corrected chi connectivity index (χ3v) is 3.10. The van der Waals surface area contributed by atoms with Gasteiger partial charge in [0.2, 0.25) is 0 Å². The van der Waals surface area contributed by atoms with Gasteiger partial charge in [-0.15, -0.1) is 0 Å². The number of amides is 1. The van der Waals surface area contributed by atoms with Crippen molar-refractivity contribution in [3.63, 3.8) is 0 Å². The summed E-state index contributed by atoms with van der Waals surface area (Å²) >= 11 is 12.0. The summed E-state index contributed by atoms with van der Waals surface area (Å²) in [7, 11) is 0. The molecule has 0 aromatic heterocycles. The molecule has 3 N–H and O–H groups in total. The zero-order valence-electron chi connectivity index (χ0n) is 10.1. The lowest BCUT2D eigenvalue weighted by atomic mass is 10.2. The molecule has 0 heterocycles. The van der Waals surface area contributed by atoms with Crippen LogP contribution >= 0.6 is 23.2 Å². The minimum atomic E-state index is -0.540. The standard InChI is InChI=1S/C12H14Cl2N2O2.ClH/c13-8-3-7(5-16-9-1-2-9)12(10(14)4-8)18-6-11(15)17;/h3-4,9,16H,1-2,5-6H2,(H2,15,17);1H/p-1. The number of benzene rings is 1. The van der Waals surface area contributed by atoms with Crippen molar-refractivity contribution in [1.82, 2.24) is 5.32 Å². The number of carbonyl (C=O) groups is 1. The first kappa shape index (κ1) is 16.4. The minimum Gasteiger partial charge on any atom is -1.00 e. The molecule has 1 aromatic carbocycles. The summed E-state index contributed by atoms with van der Waals surface area (Å²) in [4.78, 5) is 10.8. The van der Waals surface area contributed by atoms with Crippen LogP contribution in [0.3, 0.4) is 0 Å². The summed E-state index contributed by atoms with van der Waals surface area (Å²) in [5.41, 5.74) is 5.89. The number of hydrogen-bond donors (Lipinski definition) is 2. The van der Waals surface area contributed by atoms with Crippen molar-refractivity contribution >= 4 is 29.1 Å². The SMILES string of the molecule is NC(=O)COc1c(Cl)cc(Cl)cc1CNC1CC1.[Cl-]. The molecule has 1 aromatic rings. The molecule has 106 valence electrons. The van der Waals surface area contributed by atoms with Crippen LogP contribution in [0.1, 0.15) is 18.4 Å². The summed E-state index contributed by atoms with van der Waals surface area (Å²) in [6.45, 7) is 0.414. The van der Waals surface area contributed by atoms with E-state index in [1.165, 1.54) is 12.8 Å². The van der Waals surface area contributed by atoms with Crippen LogP contribution in [0.5, 0.6) is 5.75 Å². The zero-order chi connectivity index (χ0) is 13.1. The van der Waals surface area contributed by atoms with E-state index in [-0.39, 0.29) is 19.0 Å². The van der Waals surface area contributed by atoms with Gasteiger partial charge in [-0.05, 0) is 25.0 Å². The van der Waals surface area contributed by atoms with Crippen molar-refractivity contribution in [3.05, 3.63) is 27.7 Å². The number of nitrogens with two attached hydrogens (primary N) is 1. The highest BCUT2D eigenvalue weighted by Crippen LogP contribution is 2.33. The lowest BCUT2D eigenvalue weighted by Crippen LogP contribution is -3.00. The molecule has 0 unspecified atom stereocenters. The highest BCUT2D eigenvalue weighted by atomic mass is 35.5. The molecular formula is C12H14Cl3N2O2-. The summed E-state index contributed by atoms with van der Waals surface area (Å²) in [5.74, 6) is -0.0739. The largest absolute Gasteiger partial charge is 1.00 e. The van der Waals surface area contributed by atoms with Gasteiger partial charge in [0.15, 0.2) is 6.61 Å². The first-order valence-corrected chi connectivity index (χ1v) is 6.44. The molecular weight excluding hydrogens is 311 g/mol.